The average molecular weight is 322 g/mol. The molecule has 0 aliphatic carbocycles. The minimum absolute atomic E-state index is 0.0261. The highest BCUT2D eigenvalue weighted by molar-refractivity contribution is 7.20. The van der Waals surface area contributed by atoms with Crippen molar-refractivity contribution in [3.8, 4) is 0 Å². The molecular formula is C13H11FN4O3S. The molecule has 2 aromatic rings. The van der Waals surface area contributed by atoms with E-state index < -0.39 is 23.7 Å². The topological polar surface area (TPSA) is 127 Å². The Morgan fingerprint density at radius 1 is 1.05 bits per heavy atom. The fourth-order valence-electron chi connectivity index (χ4n) is 1.63. The van der Waals surface area contributed by atoms with Crippen LogP contribution >= 0.6 is 11.3 Å². The number of anilines is 2. The second kappa shape index (κ2) is 6.22. The Kier molecular flexibility index (Phi) is 4.37. The van der Waals surface area contributed by atoms with Gasteiger partial charge >= 0.3 is 6.03 Å². The highest BCUT2D eigenvalue weighted by Crippen LogP contribution is 2.32. The predicted octanol–water partition coefficient (Wildman–Crippen LogP) is 1.73. The molecule has 7 nitrogen and oxygen atoms in total. The molecule has 1 aromatic heterocycles. The zero-order valence-electron chi connectivity index (χ0n) is 11.1. The Bertz CT molecular complexity index is 742. The number of benzene rings is 1. The van der Waals surface area contributed by atoms with Gasteiger partial charge in [-0.05, 0) is 30.3 Å². The Morgan fingerprint density at radius 3 is 2.23 bits per heavy atom. The van der Waals surface area contributed by atoms with Crippen LogP contribution in [0.4, 0.5) is 19.2 Å². The van der Waals surface area contributed by atoms with Crippen LogP contribution in [0.3, 0.4) is 0 Å². The van der Waals surface area contributed by atoms with Crippen LogP contribution in [0.15, 0.2) is 30.3 Å². The van der Waals surface area contributed by atoms with Crippen LogP contribution in [0.25, 0.3) is 0 Å². The number of hydrogen-bond donors (Lipinski definition) is 4. The summed E-state index contributed by atoms with van der Waals surface area (Å²) in [5.41, 5.74) is 10.4. The van der Waals surface area contributed by atoms with Gasteiger partial charge in [0.05, 0.1) is 10.6 Å². The van der Waals surface area contributed by atoms with E-state index in [0.29, 0.717) is 0 Å². The lowest BCUT2D eigenvalue weighted by molar-refractivity contribution is 0.0997. The summed E-state index contributed by atoms with van der Waals surface area (Å²) in [6.45, 7) is 0. The van der Waals surface area contributed by atoms with Crippen LogP contribution in [0.2, 0.25) is 0 Å². The molecule has 0 unspecified atom stereocenters. The molecule has 114 valence electrons. The summed E-state index contributed by atoms with van der Waals surface area (Å²) in [6, 6.07) is 5.39. The maximum absolute atomic E-state index is 12.8. The highest BCUT2D eigenvalue weighted by Gasteiger charge is 2.16. The number of carbonyl (C=O) groups excluding carboxylic acids is 3. The molecule has 6 N–H and O–H groups in total. The van der Waals surface area contributed by atoms with E-state index in [4.69, 9.17) is 11.5 Å². The van der Waals surface area contributed by atoms with E-state index in [1.54, 1.807) is 0 Å². The second-order valence-electron chi connectivity index (χ2n) is 4.17. The molecule has 1 heterocycles. The largest absolute Gasteiger partial charge is 0.366 e. The van der Waals surface area contributed by atoms with Gasteiger partial charge in [0.2, 0.25) is 0 Å². The molecular weight excluding hydrogens is 311 g/mol. The second-order valence-corrected chi connectivity index (χ2v) is 5.22. The van der Waals surface area contributed by atoms with E-state index in [-0.39, 0.29) is 21.1 Å². The molecule has 1 aromatic carbocycles. The van der Waals surface area contributed by atoms with Gasteiger partial charge in [0.1, 0.15) is 10.8 Å². The van der Waals surface area contributed by atoms with Gasteiger partial charge in [-0.2, -0.15) is 0 Å². The Morgan fingerprint density at radius 2 is 1.68 bits per heavy atom. The first-order valence-electron chi connectivity index (χ1n) is 5.94. The molecule has 0 saturated heterocycles. The minimum Gasteiger partial charge on any atom is -0.366 e. The fourth-order valence-corrected chi connectivity index (χ4v) is 2.59. The van der Waals surface area contributed by atoms with Gasteiger partial charge in [-0.15, -0.1) is 0 Å². The van der Waals surface area contributed by atoms with Crippen LogP contribution < -0.4 is 22.1 Å². The average Bonchev–Trinajstić information content (AvgIpc) is 2.81. The first-order valence-corrected chi connectivity index (χ1v) is 6.75. The van der Waals surface area contributed by atoms with Crippen molar-refractivity contribution in [3.63, 3.8) is 0 Å². The van der Waals surface area contributed by atoms with Gasteiger partial charge in [-0.3, -0.25) is 14.9 Å². The van der Waals surface area contributed by atoms with Gasteiger partial charge in [-0.1, -0.05) is 11.3 Å². The number of carbonyl (C=O) groups is 3. The van der Waals surface area contributed by atoms with E-state index in [9.17, 15) is 18.8 Å². The molecule has 4 amide bonds. The van der Waals surface area contributed by atoms with Gasteiger partial charge in [0.25, 0.3) is 11.8 Å². The molecule has 0 fully saturated rings. The number of urea groups is 1. The third kappa shape index (κ3) is 3.58. The molecule has 2 rings (SSSR count). The SMILES string of the molecule is NC(=O)Nc1sc(NC(=O)c2ccc(F)cc2)cc1C(N)=O. The molecule has 0 saturated carbocycles. The summed E-state index contributed by atoms with van der Waals surface area (Å²) in [6.07, 6.45) is 0. The van der Waals surface area contributed by atoms with Crippen molar-refractivity contribution >= 4 is 39.2 Å². The van der Waals surface area contributed by atoms with Crippen molar-refractivity contribution < 1.29 is 18.8 Å². The molecule has 0 atom stereocenters. The fraction of sp³-hybridized carbons (Fsp3) is 0. The van der Waals surface area contributed by atoms with Gasteiger partial charge in [-0.25, -0.2) is 9.18 Å². The molecule has 0 bridgehead atoms. The lowest BCUT2D eigenvalue weighted by Crippen LogP contribution is -2.21. The van der Waals surface area contributed by atoms with E-state index in [0.717, 1.165) is 23.5 Å². The van der Waals surface area contributed by atoms with Crippen molar-refractivity contribution in [1.29, 1.82) is 0 Å². The van der Waals surface area contributed by atoms with Crippen LogP contribution in [-0.2, 0) is 0 Å². The third-order valence-electron chi connectivity index (χ3n) is 2.58. The Hall–Kier alpha value is -2.94. The smallest absolute Gasteiger partial charge is 0.317 e. The minimum atomic E-state index is -0.860. The van der Waals surface area contributed by atoms with E-state index in [1.807, 2.05) is 0 Å². The number of nitrogens with two attached hydrogens (primary N) is 2. The zero-order valence-corrected chi connectivity index (χ0v) is 11.9. The van der Waals surface area contributed by atoms with E-state index in [1.165, 1.54) is 18.2 Å². The molecule has 22 heavy (non-hydrogen) atoms. The number of amides is 4. The number of nitrogens with one attached hydrogen (secondary N) is 2. The Balaban J connectivity index is 2.22. The van der Waals surface area contributed by atoms with Crippen molar-refractivity contribution in [1.82, 2.24) is 0 Å². The number of rotatable bonds is 4. The maximum atomic E-state index is 12.8. The van der Waals surface area contributed by atoms with E-state index >= 15 is 0 Å². The molecule has 0 aliphatic rings. The van der Waals surface area contributed by atoms with Crippen LogP contribution in [0.5, 0.6) is 0 Å². The van der Waals surface area contributed by atoms with Crippen molar-refractivity contribution in [2.75, 3.05) is 10.6 Å². The standard InChI is InChI=1S/C13H11FN4O3S/c14-7-3-1-6(2-4-7)11(20)17-9-5-8(10(15)19)12(22-9)18-13(16)21/h1-5H,(H2,15,19)(H,17,20)(H3,16,18,21). The van der Waals surface area contributed by atoms with Crippen LogP contribution in [0, 0.1) is 5.82 Å². The van der Waals surface area contributed by atoms with Gasteiger partial charge < -0.3 is 16.8 Å². The summed E-state index contributed by atoms with van der Waals surface area (Å²) in [7, 11) is 0. The highest BCUT2D eigenvalue weighted by atomic mass is 32.1. The summed E-state index contributed by atoms with van der Waals surface area (Å²) in [5.74, 6) is -1.73. The van der Waals surface area contributed by atoms with Crippen molar-refractivity contribution in [2.45, 2.75) is 0 Å². The monoisotopic (exact) mass is 322 g/mol. The predicted molar refractivity (Wildman–Crippen MR) is 80.4 cm³/mol. The lowest BCUT2D eigenvalue weighted by atomic mass is 10.2. The summed E-state index contributed by atoms with van der Waals surface area (Å²) >= 11 is 0.924. The number of primary amides is 2. The van der Waals surface area contributed by atoms with Crippen LogP contribution in [0.1, 0.15) is 20.7 Å². The van der Waals surface area contributed by atoms with Crippen LogP contribution in [-0.4, -0.2) is 17.8 Å². The van der Waals surface area contributed by atoms with Gasteiger partial charge in [0, 0.05) is 5.56 Å². The quantitative estimate of drug-likeness (QED) is 0.684. The maximum Gasteiger partial charge on any atom is 0.317 e. The molecule has 0 aliphatic heterocycles. The third-order valence-corrected chi connectivity index (χ3v) is 3.54. The summed E-state index contributed by atoms with van der Waals surface area (Å²) < 4.78 is 12.8. The van der Waals surface area contributed by atoms with Crippen molar-refractivity contribution in [3.05, 3.63) is 47.3 Å². The molecule has 9 heteroatoms. The molecule has 0 radical (unpaired) electrons. The first kappa shape index (κ1) is 15.4. The number of thiophene rings is 1. The summed E-state index contributed by atoms with van der Waals surface area (Å²) in [4.78, 5) is 34.1. The van der Waals surface area contributed by atoms with Crippen molar-refractivity contribution in [2.24, 2.45) is 11.5 Å². The summed E-state index contributed by atoms with van der Waals surface area (Å²) in [5, 5.41) is 5.19. The van der Waals surface area contributed by atoms with E-state index in [2.05, 4.69) is 10.6 Å². The molecule has 0 spiro atoms. The normalized spacial score (nSPS) is 10.0. The number of hydrogen-bond acceptors (Lipinski definition) is 4. The zero-order chi connectivity index (χ0) is 16.3. The van der Waals surface area contributed by atoms with Gasteiger partial charge in [0.15, 0.2) is 0 Å². The lowest BCUT2D eigenvalue weighted by Gasteiger charge is -2.02. The first-order chi connectivity index (χ1) is 10.4. The Labute approximate surface area is 128 Å². The number of halogens is 1.